The Hall–Kier alpha value is -1.40. The molecule has 1 atom stereocenters. The maximum absolute atomic E-state index is 12.4. The second-order valence-electron chi connectivity index (χ2n) is 5.08. The second kappa shape index (κ2) is 6.37. The minimum Gasteiger partial charge on any atom is -0.375 e. The molecule has 0 fully saturated rings. The Morgan fingerprint density at radius 3 is 3.15 bits per heavy atom. The quantitative estimate of drug-likeness (QED) is 0.511. The van der Waals surface area contributed by atoms with Crippen LogP contribution in [-0.2, 0) is 12.8 Å². The van der Waals surface area contributed by atoms with Crippen LogP contribution in [0.5, 0.6) is 0 Å². The van der Waals surface area contributed by atoms with Crippen LogP contribution in [-0.4, -0.2) is 22.6 Å². The van der Waals surface area contributed by atoms with Crippen molar-refractivity contribution in [3.8, 4) is 0 Å². The maximum Gasteiger partial charge on any atom is 0.271 e. The first-order valence-electron chi connectivity index (χ1n) is 6.61. The zero-order valence-electron chi connectivity index (χ0n) is 11.5. The van der Waals surface area contributed by atoms with Crippen molar-refractivity contribution in [2.24, 2.45) is 11.7 Å². The number of hydrogen-bond donors (Lipinski definition) is 2. The van der Waals surface area contributed by atoms with Crippen molar-refractivity contribution < 1.29 is 4.79 Å². The van der Waals surface area contributed by atoms with Crippen molar-refractivity contribution in [3.63, 3.8) is 0 Å². The van der Waals surface area contributed by atoms with Gasteiger partial charge in [0, 0.05) is 10.3 Å². The summed E-state index contributed by atoms with van der Waals surface area (Å²) in [6.07, 6.45) is 4.82. The van der Waals surface area contributed by atoms with Crippen LogP contribution in [0.3, 0.4) is 0 Å². The van der Waals surface area contributed by atoms with Gasteiger partial charge in [0.05, 0.1) is 12.1 Å². The normalized spacial score (nSPS) is 17.1. The highest BCUT2D eigenvalue weighted by Gasteiger charge is 2.24. The molecular weight excluding hydrogens is 290 g/mol. The van der Waals surface area contributed by atoms with E-state index in [1.165, 1.54) is 15.4 Å². The molecule has 0 spiro atoms. The number of rotatable bonds is 3. The van der Waals surface area contributed by atoms with Gasteiger partial charge in [0.25, 0.3) is 5.91 Å². The van der Waals surface area contributed by atoms with Gasteiger partial charge in [0.1, 0.15) is 0 Å². The Bertz CT molecular complexity index is 539. The Kier molecular flexibility index (Phi) is 4.77. The van der Waals surface area contributed by atoms with E-state index in [1.54, 1.807) is 17.4 Å². The van der Waals surface area contributed by atoms with Crippen LogP contribution >= 0.6 is 23.6 Å². The van der Waals surface area contributed by atoms with Crippen molar-refractivity contribution >= 4 is 34.6 Å². The van der Waals surface area contributed by atoms with Crippen molar-refractivity contribution in [1.29, 1.82) is 0 Å². The third-order valence-corrected chi connectivity index (χ3v) is 4.73. The summed E-state index contributed by atoms with van der Waals surface area (Å²) in [6, 6.07) is 0. The molecule has 1 aromatic heterocycles. The van der Waals surface area contributed by atoms with E-state index in [-0.39, 0.29) is 11.0 Å². The molecule has 20 heavy (non-hydrogen) atoms. The minimum atomic E-state index is -0.147. The van der Waals surface area contributed by atoms with Crippen LogP contribution in [0, 0.1) is 5.92 Å². The second-order valence-corrected chi connectivity index (χ2v) is 6.46. The number of carbonyl (C=O) groups is 1. The Morgan fingerprint density at radius 2 is 2.50 bits per heavy atom. The van der Waals surface area contributed by atoms with Gasteiger partial charge in [-0.15, -0.1) is 17.9 Å². The smallest absolute Gasteiger partial charge is 0.271 e. The summed E-state index contributed by atoms with van der Waals surface area (Å²) in [7, 11) is 0. The van der Waals surface area contributed by atoms with E-state index in [0.717, 1.165) is 24.8 Å². The van der Waals surface area contributed by atoms with Crippen LogP contribution in [0.15, 0.2) is 18.0 Å². The van der Waals surface area contributed by atoms with E-state index >= 15 is 0 Å². The van der Waals surface area contributed by atoms with E-state index in [1.807, 2.05) is 5.38 Å². The fraction of sp³-hybridized carbons (Fsp3) is 0.429. The largest absolute Gasteiger partial charge is 0.375 e. The summed E-state index contributed by atoms with van der Waals surface area (Å²) in [5.74, 6) is 0.553. The van der Waals surface area contributed by atoms with Gasteiger partial charge < -0.3 is 5.73 Å². The molecule has 0 aliphatic heterocycles. The monoisotopic (exact) mass is 309 g/mol. The van der Waals surface area contributed by atoms with Crippen molar-refractivity contribution in [2.75, 3.05) is 6.54 Å². The average molecular weight is 309 g/mol. The lowest BCUT2D eigenvalue weighted by Gasteiger charge is -2.23. The van der Waals surface area contributed by atoms with E-state index < -0.39 is 0 Å². The molecule has 0 saturated heterocycles. The lowest BCUT2D eigenvalue weighted by atomic mass is 9.88. The number of nitrogens with two attached hydrogens (primary N) is 1. The zero-order chi connectivity index (χ0) is 14.7. The van der Waals surface area contributed by atoms with Crippen molar-refractivity contribution in [2.45, 2.75) is 26.2 Å². The van der Waals surface area contributed by atoms with Crippen molar-refractivity contribution in [3.05, 3.63) is 34.0 Å². The van der Waals surface area contributed by atoms with Gasteiger partial charge in [-0.25, -0.2) is 0 Å². The highest BCUT2D eigenvalue weighted by atomic mass is 32.1. The molecular formula is C14H19N3OS2. The molecule has 1 amide bonds. The number of nitrogens with zero attached hydrogens (tertiary/aromatic N) is 1. The fourth-order valence-electron chi connectivity index (χ4n) is 2.37. The summed E-state index contributed by atoms with van der Waals surface area (Å²) in [6.45, 7) is 6.27. The molecule has 1 aliphatic carbocycles. The van der Waals surface area contributed by atoms with E-state index in [0.29, 0.717) is 12.5 Å². The molecule has 1 unspecified atom stereocenters. The summed E-state index contributed by atoms with van der Waals surface area (Å²) in [5.41, 5.74) is 10.3. The molecule has 3 N–H and O–H groups in total. The SMILES string of the molecule is C=CCN(NC(=O)c1csc2c1CCC(C)C2)C(N)=S. The van der Waals surface area contributed by atoms with Crippen LogP contribution in [0.2, 0.25) is 0 Å². The molecule has 1 heterocycles. The first-order chi connectivity index (χ1) is 9.52. The number of thiocarbonyl (C=S) groups is 1. The van der Waals surface area contributed by atoms with Gasteiger partial charge in [-0.05, 0) is 43.0 Å². The van der Waals surface area contributed by atoms with Gasteiger partial charge in [-0.1, -0.05) is 13.0 Å². The van der Waals surface area contributed by atoms with Crippen LogP contribution in [0.4, 0.5) is 0 Å². The molecule has 0 radical (unpaired) electrons. The summed E-state index contributed by atoms with van der Waals surface area (Å²) < 4.78 is 0. The Labute approximate surface area is 128 Å². The van der Waals surface area contributed by atoms with Gasteiger partial charge in [-0.3, -0.25) is 15.2 Å². The molecule has 0 saturated carbocycles. The van der Waals surface area contributed by atoms with Crippen LogP contribution < -0.4 is 11.2 Å². The topological polar surface area (TPSA) is 58.4 Å². The number of thiophene rings is 1. The molecule has 6 heteroatoms. The maximum atomic E-state index is 12.4. The summed E-state index contributed by atoms with van der Waals surface area (Å²) in [5, 5.41) is 3.50. The van der Waals surface area contributed by atoms with E-state index in [2.05, 4.69) is 18.9 Å². The standard InChI is InChI=1S/C14H19N3OS2/c1-3-6-17(14(15)19)16-13(18)11-8-20-12-7-9(2)4-5-10(11)12/h3,8-9H,1,4-7H2,2H3,(H2,15,19)(H,16,18). The number of fused-ring (bicyclic) bond motifs is 1. The molecule has 108 valence electrons. The van der Waals surface area contributed by atoms with Gasteiger partial charge >= 0.3 is 0 Å². The molecule has 1 aliphatic rings. The number of nitrogens with one attached hydrogen (secondary N) is 1. The first-order valence-corrected chi connectivity index (χ1v) is 7.89. The number of amides is 1. The van der Waals surface area contributed by atoms with Gasteiger partial charge in [0.15, 0.2) is 5.11 Å². The van der Waals surface area contributed by atoms with Gasteiger partial charge in [0.2, 0.25) is 0 Å². The van der Waals surface area contributed by atoms with Crippen LogP contribution in [0.25, 0.3) is 0 Å². The number of carbonyl (C=O) groups excluding carboxylic acids is 1. The Morgan fingerprint density at radius 1 is 1.75 bits per heavy atom. The third-order valence-electron chi connectivity index (χ3n) is 3.46. The molecule has 1 aromatic rings. The minimum absolute atomic E-state index is 0.135. The number of hydrazine groups is 1. The van der Waals surface area contributed by atoms with Crippen LogP contribution in [0.1, 0.15) is 34.1 Å². The predicted octanol–water partition coefficient (Wildman–Crippen LogP) is 2.25. The average Bonchev–Trinajstić information content (AvgIpc) is 2.80. The van der Waals surface area contributed by atoms with E-state index in [4.69, 9.17) is 18.0 Å². The zero-order valence-corrected chi connectivity index (χ0v) is 13.1. The molecule has 4 nitrogen and oxygen atoms in total. The molecule has 0 aromatic carbocycles. The molecule has 0 bridgehead atoms. The number of hydrogen-bond acceptors (Lipinski definition) is 3. The summed E-state index contributed by atoms with van der Waals surface area (Å²) in [4.78, 5) is 13.7. The first kappa shape index (κ1) is 15.0. The fourth-order valence-corrected chi connectivity index (χ4v) is 3.73. The van der Waals surface area contributed by atoms with Crippen molar-refractivity contribution in [1.82, 2.24) is 10.4 Å². The van der Waals surface area contributed by atoms with Gasteiger partial charge in [-0.2, -0.15) is 0 Å². The third kappa shape index (κ3) is 3.19. The lowest BCUT2D eigenvalue weighted by molar-refractivity contribution is 0.0878. The molecule has 2 rings (SSSR count). The van der Waals surface area contributed by atoms with E-state index in [9.17, 15) is 4.79 Å². The summed E-state index contributed by atoms with van der Waals surface area (Å²) >= 11 is 6.58. The predicted molar refractivity (Wildman–Crippen MR) is 86.7 cm³/mol. The highest BCUT2D eigenvalue weighted by Crippen LogP contribution is 2.32. The highest BCUT2D eigenvalue weighted by molar-refractivity contribution is 7.80. The lowest BCUT2D eigenvalue weighted by Crippen LogP contribution is -2.48. The Balaban J connectivity index is 2.14.